The summed E-state index contributed by atoms with van der Waals surface area (Å²) in [6.07, 6.45) is 3.66. The molecule has 6 heteroatoms. The molecule has 1 atom stereocenters. The van der Waals surface area contributed by atoms with E-state index in [-0.39, 0.29) is 11.1 Å². The summed E-state index contributed by atoms with van der Waals surface area (Å²) in [4.78, 5) is 8.95. The van der Waals surface area contributed by atoms with Crippen LogP contribution in [0.5, 0.6) is 0 Å². The lowest BCUT2D eigenvalue weighted by molar-refractivity contribution is 0.627. The van der Waals surface area contributed by atoms with Gasteiger partial charge in [-0.05, 0) is 49.7 Å². The van der Waals surface area contributed by atoms with Crippen LogP contribution in [-0.2, 0) is 0 Å². The van der Waals surface area contributed by atoms with Crippen molar-refractivity contribution in [1.82, 2.24) is 14.8 Å². The number of nitrogens with zero attached hydrogens (tertiary/aromatic N) is 4. The van der Waals surface area contributed by atoms with Gasteiger partial charge in [0.05, 0.1) is 21.7 Å². The van der Waals surface area contributed by atoms with Crippen molar-refractivity contribution >= 4 is 22.6 Å². The molecular formula is C18H15FN4S. The number of benzene rings is 1. The molecule has 120 valence electrons. The van der Waals surface area contributed by atoms with Gasteiger partial charge in [-0.15, -0.1) is 0 Å². The standard InChI is InChI=1S/C18H15FN4S/c1-11-16-17(13-4-3-9-20-10-13)24-12(2)21-18(16)23(22-11)15-7-5-14(19)6-8-15/h3-10,17H,1-2H3/t17-/m0/s1. The summed E-state index contributed by atoms with van der Waals surface area (Å²) in [5.41, 5.74) is 3.93. The van der Waals surface area contributed by atoms with Gasteiger partial charge in [0.2, 0.25) is 0 Å². The fraction of sp³-hybridized carbons (Fsp3) is 0.167. The number of pyridine rings is 1. The second kappa shape index (κ2) is 5.87. The topological polar surface area (TPSA) is 43.1 Å². The minimum Gasteiger partial charge on any atom is -0.264 e. The summed E-state index contributed by atoms with van der Waals surface area (Å²) >= 11 is 1.70. The molecule has 0 amide bonds. The molecule has 4 nitrogen and oxygen atoms in total. The Morgan fingerprint density at radius 2 is 1.92 bits per heavy atom. The van der Waals surface area contributed by atoms with Gasteiger partial charge in [0.1, 0.15) is 5.82 Å². The molecule has 1 aliphatic heterocycles. The molecule has 24 heavy (non-hydrogen) atoms. The van der Waals surface area contributed by atoms with Gasteiger partial charge in [-0.2, -0.15) is 5.10 Å². The maximum atomic E-state index is 13.2. The van der Waals surface area contributed by atoms with Gasteiger partial charge in [-0.25, -0.2) is 14.1 Å². The first-order valence-corrected chi connectivity index (χ1v) is 8.49. The Morgan fingerprint density at radius 3 is 2.62 bits per heavy atom. The van der Waals surface area contributed by atoms with Crippen molar-refractivity contribution in [1.29, 1.82) is 0 Å². The van der Waals surface area contributed by atoms with Crippen LogP contribution in [0.2, 0.25) is 0 Å². The van der Waals surface area contributed by atoms with E-state index in [0.29, 0.717) is 0 Å². The molecule has 0 aliphatic carbocycles. The van der Waals surface area contributed by atoms with Crippen LogP contribution in [0.1, 0.15) is 29.0 Å². The van der Waals surface area contributed by atoms with E-state index in [9.17, 15) is 4.39 Å². The molecule has 3 aromatic rings. The first-order chi connectivity index (χ1) is 11.6. The van der Waals surface area contributed by atoms with Crippen LogP contribution >= 0.6 is 11.8 Å². The molecule has 3 heterocycles. The van der Waals surface area contributed by atoms with E-state index in [4.69, 9.17) is 4.99 Å². The van der Waals surface area contributed by atoms with Crippen molar-refractivity contribution < 1.29 is 4.39 Å². The Bertz CT molecular complexity index is 916. The second-order valence-corrected chi connectivity index (χ2v) is 6.92. The summed E-state index contributed by atoms with van der Waals surface area (Å²) in [5.74, 6) is 0.546. The number of rotatable bonds is 2. The van der Waals surface area contributed by atoms with Crippen molar-refractivity contribution in [2.45, 2.75) is 19.1 Å². The molecule has 0 fully saturated rings. The molecule has 2 aromatic heterocycles. The molecular weight excluding hydrogens is 323 g/mol. The highest BCUT2D eigenvalue weighted by atomic mass is 32.2. The van der Waals surface area contributed by atoms with Crippen LogP contribution in [0, 0.1) is 12.7 Å². The third-order valence-corrected chi connectivity index (χ3v) is 5.13. The van der Waals surface area contributed by atoms with Crippen molar-refractivity contribution in [2.75, 3.05) is 0 Å². The summed E-state index contributed by atoms with van der Waals surface area (Å²) in [7, 11) is 0. The second-order valence-electron chi connectivity index (χ2n) is 5.63. The third kappa shape index (κ3) is 2.53. The largest absolute Gasteiger partial charge is 0.264 e. The number of halogens is 1. The third-order valence-electron chi connectivity index (χ3n) is 3.95. The molecule has 0 spiro atoms. The van der Waals surface area contributed by atoms with Crippen LogP contribution in [0.3, 0.4) is 0 Å². The minimum atomic E-state index is -0.264. The van der Waals surface area contributed by atoms with Crippen molar-refractivity contribution in [3.8, 4) is 5.69 Å². The van der Waals surface area contributed by atoms with E-state index in [2.05, 4.69) is 16.1 Å². The molecule has 0 saturated heterocycles. The maximum absolute atomic E-state index is 13.2. The quantitative estimate of drug-likeness (QED) is 0.686. The number of thioether (sulfide) groups is 1. The molecule has 0 unspecified atom stereocenters. The zero-order valence-corrected chi connectivity index (χ0v) is 14.1. The number of hydrogen-bond acceptors (Lipinski definition) is 4. The number of fused-ring (bicyclic) bond motifs is 1. The zero-order chi connectivity index (χ0) is 16.7. The van der Waals surface area contributed by atoms with Gasteiger partial charge < -0.3 is 0 Å². The van der Waals surface area contributed by atoms with E-state index >= 15 is 0 Å². The molecule has 1 aliphatic rings. The molecule has 0 saturated carbocycles. The van der Waals surface area contributed by atoms with E-state index in [1.54, 1.807) is 34.8 Å². The monoisotopic (exact) mass is 338 g/mol. The van der Waals surface area contributed by atoms with Gasteiger partial charge in [0.25, 0.3) is 0 Å². The smallest absolute Gasteiger partial charge is 0.161 e. The Kier molecular flexibility index (Phi) is 3.69. The minimum absolute atomic E-state index is 0.111. The first-order valence-electron chi connectivity index (χ1n) is 7.61. The lowest BCUT2D eigenvalue weighted by Gasteiger charge is -2.21. The highest BCUT2D eigenvalue weighted by molar-refractivity contribution is 8.14. The highest BCUT2D eigenvalue weighted by Crippen LogP contribution is 2.47. The first kappa shape index (κ1) is 15.1. The van der Waals surface area contributed by atoms with Gasteiger partial charge in [0, 0.05) is 18.0 Å². The Balaban J connectivity index is 1.89. The van der Waals surface area contributed by atoms with Crippen molar-refractivity contribution in [3.63, 3.8) is 0 Å². The van der Waals surface area contributed by atoms with E-state index < -0.39 is 0 Å². The SMILES string of the molecule is CC1=Nc2c(c(C)nn2-c2ccc(F)cc2)[C@H](c2cccnc2)S1. The van der Waals surface area contributed by atoms with E-state index in [1.807, 2.05) is 26.1 Å². The van der Waals surface area contributed by atoms with Crippen LogP contribution < -0.4 is 0 Å². The summed E-state index contributed by atoms with van der Waals surface area (Å²) < 4.78 is 15.0. The molecule has 0 bridgehead atoms. The van der Waals surface area contributed by atoms with Gasteiger partial charge >= 0.3 is 0 Å². The van der Waals surface area contributed by atoms with Crippen LogP contribution in [-0.4, -0.2) is 19.8 Å². The lowest BCUT2D eigenvalue weighted by atomic mass is 10.1. The number of aliphatic imine (C=N–C) groups is 1. The van der Waals surface area contributed by atoms with Gasteiger partial charge in [0.15, 0.2) is 5.82 Å². The van der Waals surface area contributed by atoms with E-state index in [1.165, 1.54) is 12.1 Å². The van der Waals surface area contributed by atoms with Gasteiger partial charge in [-0.1, -0.05) is 17.8 Å². The number of aromatic nitrogens is 3. The predicted molar refractivity (Wildman–Crippen MR) is 94.7 cm³/mol. The van der Waals surface area contributed by atoms with Gasteiger partial charge in [-0.3, -0.25) is 4.98 Å². The van der Waals surface area contributed by atoms with Crippen molar-refractivity contribution in [2.24, 2.45) is 4.99 Å². The summed E-state index contributed by atoms with van der Waals surface area (Å²) in [6.45, 7) is 3.98. The number of hydrogen-bond donors (Lipinski definition) is 0. The molecule has 0 radical (unpaired) electrons. The molecule has 1 aromatic carbocycles. The highest BCUT2D eigenvalue weighted by Gasteiger charge is 2.30. The number of aryl methyl sites for hydroxylation is 1. The molecule has 0 N–H and O–H groups in total. The Hall–Kier alpha value is -2.47. The lowest BCUT2D eigenvalue weighted by Crippen LogP contribution is -2.06. The Morgan fingerprint density at radius 1 is 1.12 bits per heavy atom. The predicted octanol–water partition coefficient (Wildman–Crippen LogP) is 4.60. The van der Waals surface area contributed by atoms with Crippen molar-refractivity contribution in [3.05, 3.63) is 71.4 Å². The normalized spacial score (nSPS) is 16.6. The maximum Gasteiger partial charge on any atom is 0.161 e. The fourth-order valence-electron chi connectivity index (χ4n) is 2.87. The van der Waals surface area contributed by atoms with Crippen LogP contribution in [0.4, 0.5) is 10.2 Å². The summed E-state index contributed by atoms with van der Waals surface area (Å²) in [5, 5.41) is 5.74. The zero-order valence-electron chi connectivity index (χ0n) is 13.3. The molecule has 4 rings (SSSR count). The van der Waals surface area contributed by atoms with E-state index in [0.717, 1.165) is 33.4 Å². The average Bonchev–Trinajstić information content (AvgIpc) is 2.92. The fourth-order valence-corrected chi connectivity index (χ4v) is 4.02. The van der Waals surface area contributed by atoms with Crippen LogP contribution in [0.15, 0.2) is 53.8 Å². The van der Waals surface area contributed by atoms with Crippen LogP contribution in [0.25, 0.3) is 5.69 Å². The summed E-state index contributed by atoms with van der Waals surface area (Å²) in [6, 6.07) is 10.3. The average molecular weight is 338 g/mol. The Labute approximate surface area is 143 Å².